The number of H-pyrrole nitrogens is 1. The minimum atomic E-state index is -0.364. The fourth-order valence-corrected chi connectivity index (χ4v) is 2.45. The molecule has 124 valence electrons. The zero-order chi connectivity index (χ0) is 17.8. The summed E-state index contributed by atoms with van der Waals surface area (Å²) in [5.74, 6) is 2.03. The van der Waals surface area contributed by atoms with Gasteiger partial charge in [0.25, 0.3) is 11.5 Å². The van der Waals surface area contributed by atoms with Crippen molar-refractivity contribution in [2.45, 2.75) is 13.1 Å². The molecular weight excluding hydrogens is 320 g/mol. The largest absolute Gasteiger partial charge is 0.346 e. The van der Waals surface area contributed by atoms with Crippen LogP contribution in [-0.2, 0) is 13.1 Å². The number of hydrogen-bond donors (Lipinski definition) is 2. The number of aromatic nitrogens is 3. The first-order valence-corrected chi connectivity index (χ1v) is 7.49. The molecule has 0 saturated heterocycles. The minimum Gasteiger partial charge on any atom is -0.346 e. The lowest BCUT2D eigenvalue weighted by Gasteiger charge is -2.10. The molecule has 0 aliphatic rings. The van der Waals surface area contributed by atoms with Gasteiger partial charge < -0.3 is 10.3 Å². The summed E-state index contributed by atoms with van der Waals surface area (Å²) < 4.78 is 1.20. The van der Waals surface area contributed by atoms with Crippen molar-refractivity contribution in [1.29, 1.82) is 0 Å². The summed E-state index contributed by atoms with van der Waals surface area (Å²) in [6, 6.07) is 9.72. The lowest BCUT2D eigenvalue weighted by atomic mass is 10.1. The molecule has 0 aliphatic carbocycles. The molecule has 1 amide bonds. The van der Waals surface area contributed by atoms with Crippen LogP contribution in [0.4, 0.5) is 0 Å². The number of fused-ring (bicyclic) bond motifs is 1. The first kappa shape index (κ1) is 16.2. The number of rotatable bonds is 4. The number of carbonyl (C=O) groups excluding carboxylic acids is 1. The maximum Gasteiger partial charge on any atom is 0.275 e. The molecule has 3 rings (SSSR count). The normalized spacial score (nSPS) is 10.4. The van der Waals surface area contributed by atoms with Gasteiger partial charge in [-0.25, -0.2) is 4.68 Å². The third kappa shape index (κ3) is 3.33. The highest BCUT2D eigenvalue weighted by molar-refractivity contribution is 5.94. The van der Waals surface area contributed by atoms with Gasteiger partial charge >= 0.3 is 0 Å². The Labute approximate surface area is 142 Å². The molecule has 2 N–H and O–H groups in total. The first-order valence-electron chi connectivity index (χ1n) is 7.49. The van der Waals surface area contributed by atoms with E-state index >= 15 is 0 Å². The molecule has 0 saturated carbocycles. The van der Waals surface area contributed by atoms with Crippen LogP contribution in [0, 0.1) is 12.3 Å². The molecule has 0 spiro atoms. The number of amides is 1. The van der Waals surface area contributed by atoms with Crippen molar-refractivity contribution in [3.63, 3.8) is 0 Å². The number of nitrogens with one attached hydrogen (secondary N) is 2. The van der Waals surface area contributed by atoms with Crippen LogP contribution in [0.3, 0.4) is 0 Å². The second-order valence-electron chi connectivity index (χ2n) is 5.28. The Hall–Kier alpha value is -3.66. The molecule has 1 aromatic carbocycles. The lowest BCUT2D eigenvalue weighted by molar-refractivity contribution is 0.0950. The van der Waals surface area contributed by atoms with E-state index in [1.54, 1.807) is 24.3 Å². The Morgan fingerprint density at radius 3 is 2.64 bits per heavy atom. The molecule has 3 aromatic rings. The fourth-order valence-electron chi connectivity index (χ4n) is 2.45. The Bertz CT molecular complexity index is 1090. The van der Waals surface area contributed by atoms with Gasteiger partial charge in [-0.05, 0) is 12.1 Å². The Balaban J connectivity index is 1.93. The minimum absolute atomic E-state index is 0.0462. The van der Waals surface area contributed by atoms with E-state index in [-0.39, 0.29) is 30.1 Å². The topological polar surface area (TPSA) is 96.8 Å². The summed E-state index contributed by atoms with van der Waals surface area (Å²) in [6.45, 7) is 0.161. The van der Waals surface area contributed by atoms with Gasteiger partial charge in [0.05, 0.1) is 23.2 Å². The average molecular weight is 334 g/mol. The lowest BCUT2D eigenvalue weighted by Crippen LogP contribution is -2.28. The number of hydrogen-bond acceptors (Lipinski definition) is 4. The van der Waals surface area contributed by atoms with Crippen LogP contribution in [0.15, 0.2) is 52.2 Å². The molecule has 0 aliphatic heterocycles. The zero-order valence-corrected chi connectivity index (χ0v) is 13.2. The number of aromatic amines is 1. The second-order valence-corrected chi connectivity index (χ2v) is 5.28. The number of pyridine rings is 1. The predicted molar refractivity (Wildman–Crippen MR) is 93.1 cm³/mol. The van der Waals surface area contributed by atoms with Gasteiger partial charge in [-0.3, -0.25) is 14.4 Å². The average Bonchev–Trinajstić information content (AvgIpc) is 2.63. The monoisotopic (exact) mass is 334 g/mol. The van der Waals surface area contributed by atoms with Gasteiger partial charge in [0, 0.05) is 17.6 Å². The summed E-state index contributed by atoms with van der Waals surface area (Å²) in [7, 11) is 0. The molecular formula is C18H14N4O3. The smallest absolute Gasteiger partial charge is 0.275 e. The summed E-state index contributed by atoms with van der Waals surface area (Å²) >= 11 is 0. The molecule has 0 bridgehead atoms. The van der Waals surface area contributed by atoms with E-state index in [1.807, 2.05) is 0 Å². The highest BCUT2D eigenvalue weighted by Gasteiger charge is 2.12. The highest BCUT2D eigenvalue weighted by atomic mass is 16.2. The molecule has 0 atom stereocenters. The number of benzene rings is 1. The number of carbonyl (C=O) groups is 1. The predicted octanol–water partition coefficient (Wildman–Crippen LogP) is 0.648. The van der Waals surface area contributed by atoms with Crippen molar-refractivity contribution in [2.24, 2.45) is 0 Å². The molecule has 25 heavy (non-hydrogen) atoms. The molecule has 0 unspecified atom stereocenters. The van der Waals surface area contributed by atoms with E-state index in [2.05, 4.69) is 21.3 Å². The van der Waals surface area contributed by atoms with E-state index < -0.39 is 0 Å². The molecule has 7 heteroatoms. The van der Waals surface area contributed by atoms with Crippen molar-refractivity contribution >= 4 is 16.7 Å². The highest BCUT2D eigenvalue weighted by Crippen LogP contribution is 2.13. The molecule has 7 nitrogen and oxygen atoms in total. The SMILES string of the molecule is C#CCn1nc(CNC(=O)c2ccc(=O)[nH]c2)c2ccccc2c1=O. The third-order valence-corrected chi connectivity index (χ3v) is 3.65. The van der Waals surface area contributed by atoms with Gasteiger partial charge in [-0.1, -0.05) is 24.1 Å². The van der Waals surface area contributed by atoms with Gasteiger partial charge in [0.15, 0.2) is 0 Å². The summed E-state index contributed by atoms with van der Waals surface area (Å²) in [5.41, 5.74) is 0.291. The van der Waals surface area contributed by atoms with Crippen molar-refractivity contribution in [2.75, 3.05) is 0 Å². The van der Waals surface area contributed by atoms with Crippen molar-refractivity contribution < 1.29 is 4.79 Å². The quantitative estimate of drug-likeness (QED) is 0.685. The standard InChI is InChI=1S/C18H14N4O3/c1-2-9-22-18(25)14-6-4-3-5-13(14)15(21-22)11-20-17(24)12-7-8-16(23)19-10-12/h1,3-8,10H,9,11H2,(H,19,23)(H,20,24). The summed E-state index contributed by atoms with van der Waals surface area (Å²) in [4.78, 5) is 38.0. The van der Waals surface area contributed by atoms with Crippen LogP contribution in [0.5, 0.6) is 0 Å². The number of terminal acetylenes is 1. The van der Waals surface area contributed by atoms with Crippen molar-refractivity contribution in [1.82, 2.24) is 20.1 Å². The molecule has 2 aromatic heterocycles. The third-order valence-electron chi connectivity index (χ3n) is 3.65. The Morgan fingerprint density at radius 2 is 1.96 bits per heavy atom. The van der Waals surface area contributed by atoms with E-state index in [4.69, 9.17) is 6.42 Å². The fraction of sp³-hybridized carbons (Fsp3) is 0.111. The van der Waals surface area contributed by atoms with Gasteiger partial charge in [0.1, 0.15) is 6.54 Å². The number of nitrogens with zero attached hydrogens (tertiary/aromatic N) is 2. The summed E-state index contributed by atoms with van der Waals surface area (Å²) in [5, 5.41) is 8.13. The van der Waals surface area contributed by atoms with Gasteiger partial charge in [0.2, 0.25) is 5.56 Å². The molecule has 0 fully saturated rings. The van der Waals surface area contributed by atoms with Crippen molar-refractivity contribution in [3.8, 4) is 12.3 Å². The van der Waals surface area contributed by atoms with E-state index in [0.29, 0.717) is 22.0 Å². The van der Waals surface area contributed by atoms with Gasteiger partial charge in [-0.15, -0.1) is 6.42 Å². The van der Waals surface area contributed by atoms with Crippen LogP contribution < -0.4 is 16.4 Å². The summed E-state index contributed by atoms with van der Waals surface area (Å²) in [6.07, 6.45) is 6.62. The van der Waals surface area contributed by atoms with E-state index in [1.165, 1.54) is 23.0 Å². The maximum absolute atomic E-state index is 12.3. The zero-order valence-electron chi connectivity index (χ0n) is 13.2. The van der Waals surface area contributed by atoms with Gasteiger partial charge in [-0.2, -0.15) is 5.10 Å². The van der Waals surface area contributed by atoms with Crippen LogP contribution in [0.25, 0.3) is 10.8 Å². The van der Waals surface area contributed by atoms with Crippen LogP contribution in [-0.4, -0.2) is 20.7 Å². The maximum atomic E-state index is 12.3. The Kier molecular flexibility index (Phi) is 4.44. The van der Waals surface area contributed by atoms with Crippen LogP contribution >= 0.6 is 0 Å². The van der Waals surface area contributed by atoms with Crippen LogP contribution in [0.1, 0.15) is 16.1 Å². The van der Waals surface area contributed by atoms with E-state index in [9.17, 15) is 14.4 Å². The molecule has 0 radical (unpaired) electrons. The second kappa shape index (κ2) is 6.84. The van der Waals surface area contributed by atoms with Crippen molar-refractivity contribution in [3.05, 3.63) is 74.6 Å². The first-order chi connectivity index (χ1) is 12.1. The molecule has 2 heterocycles. The van der Waals surface area contributed by atoms with E-state index in [0.717, 1.165) is 0 Å². The van der Waals surface area contributed by atoms with Crippen LogP contribution in [0.2, 0.25) is 0 Å². The Morgan fingerprint density at radius 1 is 1.20 bits per heavy atom.